The maximum atomic E-state index is 12.6. The van der Waals surface area contributed by atoms with Crippen molar-refractivity contribution in [1.29, 1.82) is 0 Å². The Hall–Kier alpha value is -2.47. The van der Waals surface area contributed by atoms with Gasteiger partial charge in [0.15, 0.2) is 0 Å². The van der Waals surface area contributed by atoms with Gasteiger partial charge in [0.2, 0.25) is 0 Å². The molecule has 0 fully saturated rings. The first kappa shape index (κ1) is 15.4. The lowest BCUT2D eigenvalue weighted by Gasteiger charge is -2.05. The van der Waals surface area contributed by atoms with Crippen LogP contribution in [0.4, 0.5) is 5.69 Å². The van der Waals surface area contributed by atoms with Crippen molar-refractivity contribution in [2.45, 2.75) is 20.8 Å². The van der Waals surface area contributed by atoms with E-state index < -0.39 is 0 Å². The number of carbonyl (C=O) groups excluding carboxylic acids is 1. The standard InChI is InChI=1S/C17H17N3O2S/c1-9-6-5-7-12(8-9)19-15(21)14-10(2)13-16(23-14)18-11(3)20(4)17(13)22/h5-8H,1-4H3,(H,19,21). The van der Waals surface area contributed by atoms with Crippen LogP contribution in [0.3, 0.4) is 0 Å². The van der Waals surface area contributed by atoms with Crippen LogP contribution >= 0.6 is 11.3 Å². The van der Waals surface area contributed by atoms with Gasteiger partial charge in [-0.2, -0.15) is 0 Å². The quantitative estimate of drug-likeness (QED) is 0.786. The highest BCUT2D eigenvalue weighted by Crippen LogP contribution is 2.28. The zero-order chi connectivity index (χ0) is 16.7. The van der Waals surface area contributed by atoms with Crippen LogP contribution in [0.2, 0.25) is 0 Å². The van der Waals surface area contributed by atoms with E-state index in [4.69, 9.17) is 0 Å². The highest BCUT2D eigenvalue weighted by molar-refractivity contribution is 7.20. The average Bonchev–Trinajstić information content (AvgIpc) is 2.82. The Balaban J connectivity index is 2.06. The number of rotatable bonds is 2. The van der Waals surface area contributed by atoms with E-state index in [1.165, 1.54) is 15.9 Å². The fourth-order valence-corrected chi connectivity index (χ4v) is 3.61. The van der Waals surface area contributed by atoms with Crippen LogP contribution in [0.1, 0.15) is 26.6 Å². The average molecular weight is 327 g/mol. The normalized spacial score (nSPS) is 11.0. The number of anilines is 1. The topological polar surface area (TPSA) is 64.0 Å². The van der Waals surface area contributed by atoms with Gasteiger partial charge in [-0.3, -0.25) is 14.2 Å². The molecule has 5 nitrogen and oxygen atoms in total. The van der Waals surface area contributed by atoms with E-state index >= 15 is 0 Å². The summed E-state index contributed by atoms with van der Waals surface area (Å²) < 4.78 is 1.50. The van der Waals surface area contributed by atoms with Gasteiger partial charge in [0.1, 0.15) is 10.7 Å². The molecule has 2 aromatic heterocycles. The summed E-state index contributed by atoms with van der Waals surface area (Å²) in [5.41, 5.74) is 2.38. The minimum atomic E-state index is -0.212. The van der Waals surface area contributed by atoms with E-state index in [0.29, 0.717) is 26.5 Å². The molecule has 23 heavy (non-hydrogen) atoms. The number of fused-ring (bicyclic) bond motifs is 1. The number of nitrogens with one attached hydrogen (secondary N) is 1. The number of aryl methyl sites for hydroxylation is 3. The van der Waals surface area contributed by atoms with E-state index in [-0.39, 0.29) is 11.5 Å². The summed E-state index contributed by atoms with van der Waals surface area (Å²) in [5.74, 6) is 0.421. The largest absolute Gasteiger partial charge is 0.321 e. The number of hydrogen-bond acceptors (Lipinski definition) is 4. The van der Waals surface area contributed by atoms with Gasteiger partial charge >= 0.3 is 0 Å². The van der Waals surface area contributed by atoms with Gasteiger partial charge < -0.3 is 5.32 Å². The monoisotopic (exact) mass is 327 g/mol. The molecular formula is C17H17N3O2S. The number of amides is 1. The predicted octanol–water partition coefficient (Wildman–Crippen LogP) is 3.17. The molecule has 0 saturated heterocycles. The van der Waals surface area contributed by atoms with E-state index in [1.807, 2.05) is 31.2 Å². The van der Waals surface area contributed by atoms with Gasteiger partial charge in [0.25, 0.3) is 11.5 Å². The summed E-state index contributed by atoms with van der Waals surface area (Å²) in [6, 6.07) is 7.61. The van der Waals surface area contributed by atoms with Crippen molar-refractivity contribution in [2.24, 2.45) is 7.05 Å². The van der Waals surface area contributed by atoms with Crippen molar-refractivity contribution >= 4 is 33.1 Å². The summed E-state index contributed by atoms with van der Waals surface area (Å²) in [5, 5.41) is 3.41. The van der Waals surface area contributed by atoms with Crippen molar-refractivity contribution < 1.29 is 4.79 Å². The first-order chi connectivity index (χ1) is 10.9. The molecule has 1 N–H and O–H groups in total. The summed E-state index contributed by atoms with van der Waals surface area (Å²) in [4.78, 5) is 30.5. The third-order valence-electron chi connectivity index (χ3n) is 3.88. The first-order valence-corrected chi connectivity index (χ1v) is 8.05. The molecule has 0 bridgehead atoms. The van der Waals surface area contributed by atoms with Gasteiger partial charge in [-0.1, -0.05) is 12.1 Å². The molecule has 6 heteroatoms. The Bertz CT molecular complexity index is 985. The Morgan fingerprint density at radius 2 is 2.00 bits per heavy atom. The minimum absolute atomic E-state index is 0.115. The number of hydrogen-bond donors (Lipinski definition) is 1. The molecule has 0 radical (unpaired) electrons. The number of aromatic nitrogens is 2. The number of benzene rings is 1. The lowest BCUT2D eigenvalue weighted by molar-refractivity contribution is 0.103. The van der Waals surface area contributed by atoms with E-state index in [2.05, 4.69) is 10.3 Å². The zero-order valence-corrected chi connectivity index (χ0v) is 14.2. The van der Waals surface area contributed by atoms with E-state index in [0.717, 1.165) is 11.3 Å². The zero-order valence-electron chi connectivity index (χ0n) is 13.4. The second-order valence-electron chi connectivity index (χ2n) is 5.58. The third kappa shape index (κ3) is 2.66. The van der Waals surface area contributed by atoms with Crippen LogP contribution in [0.5, 0.6) is 0 Å². The molecule has 0 aliphatic heterocycles. The number of carbonyl (C=O) groups is 1. The number of thiophene rings is 1. The molecule has 118 valence electrons. The van der Waals surface area contributed by atoms with Crippen molar-refractivity contribution in [3.63, 3.8) is 0 Å². The van der Waals surface area contributed by atoms with E-state index in [9.17, 15) is 9.59 Å². The molecule has 3 aromatic rings. The fraction of sp³-hybridized carbons (Fsp3) is 0.235. The first-order valence-electron chi connectivity index (χ1n) is 7.23. The molecule has 0 saturated carbocycles. The molecule has 1 amide bonds. The predicted molar refractivity (Wildman–Crippen MR) is 93.5 cm³/mol. The van der Waals surface area contributed by atoms with Crippen LogP contribution < -0.4 is 10.9 Å². The second-order valence-corrected chi connectivity index (χ2v) is 6.58. The minimum Gasteiger partial charge on any atom is -0.321 e. The summed E-state index contributed by atoms with van der Waals surface area (Å²) in [7, 11) is 1.69. The third-order valence-corrected chi connectivity index (χ3v) is 5.06. The molecule has 0 aliphatic carbocycles. The van der Waals surface area contributed by atoms with Crippen LogP contribution in [0.15, 0.2) is 29.1 Å². The molecule has 0 atom stereocenters. The number of nitrogens with zero attached hydrogens (tertiary/aromatic N) is 2. The van der Waals surface area contributed by atoms with Gasteiger partial charge in [-0.25, -0.2) is 4.98 Å². The summed E-state index contributed by atoms with van der Waals surface area (Å²) >= 11 is 1.26. The Kier molecular flexibility index (Phi) is 3.77. The highest BCUT2D eigenvalue weighted by atomic mass is 32.1. The maximum absolute atomic E-state index is 12.6. The maximum Gasteiger partial charge on any atom is 0.266 e. The van der Waals surface area contributed by atoms with Crippen molar-refractivity contribution in [1.82, 2.24) is 9.55 Å². The van der Waals surface area contributed by atoms with Gasteiger partial charge in [0, 0.05) is 12.7 Å². The van der Waals surface area contributed by atoms with Crippen LogP contribution in [-0.4, -0.2) is 15.5 Å². The molecule has 1 aromatic carbocycles. The van der Waals surface area contributed by atoms with Crippen LogP contribution in [0, 0.1) is 20.8 Å². The van der Waals surface area contributed by atoms with Crippen molar-refractivity contribution in [2.75, 3.05) is 5.32 Å². The van der Waals surface area contributed by atoms with Gasteiger partial charge in [0.05, 0.1) is 10.3 Å². The summed E-state index contributed by atoms with van der Waals surface area (Å²) in [6.45, 7) is 5.54. The lowest BCUT2D eigenvalue weighted by Crippen LogP contribution is -2.20. The SMILES string of the molecule is Cc1cccc(NC(=O)c2sc3nc(C)n(C)c(=O)c3c2C)c1. The molecular weight excluding hydrogens is 310 g/mol. The smallest absolute Gasteiger partial charge is 0.266 e. The Morgan fingerprint density at radius 1 is 1.26 bits per heavy atom. The van der Waals surface area contributed by atoms with Gasteiger partial charge in [-0.15, -0.1) is 11.3 Å². The van der Waals surface area contributed by atoms with Crippen molar-refractivity contribution in [3.8, 4) is 0 Å². The van der Waals surface area contributed by atoms with Gasteiger partial charge in [-0.05, 0) is 44.0 Å². The lowest BCUT2D eigenvalue weighted by atomic mass is 10.2. The Morgan fingerprint density at radius 3 is 2.70 bits per heavy atom. The molecule has 2 heterocycles. The van der Waals surface area contributed by atoms with Crippen LogP contribution in [0.25, 0.3) is 10.2 Å². The molecule has 0 spiro atoms. The van der Waals surface area contributed by atoms with E-state index in [1.54, 1.807) is 20.9 Å². The van der Waals surface area contributed by atoms with Crippen LogP contribution in [-0.2, 0) is 7.05 Å². The second kappa shape index (κ2) is 5.62. The molecule has 0 aliphatic rings. The molecule has 0 unspecified atom stereocenters. The fourth-order valence-electron chi connectivity index (χ4n) is 2.49. The Labute approximate surface area is 137 Å². The molecule has 3 rings (SSSR count). The highest BCUT2D eigenvalue weighted by Gasteiger charge is 2.20. The van der Waals surface area contributed by atoms with Crippen molar-refractivity contribution in [3.05, 3.63) is 56.4 Å². The summed E-state index contributed by atoms with van der Waals surface area (Å²) in [6.07, 6.45) is 0.